The molecule has 2 heterocycles. The molecule has 0 N–H and O–H groups in total. The van der Waals surface area contributed by atoms with Gasteiger partial charge in [-0.2, -0.15) is 0 Å². The molecule has 1 unspecified atom stereocenters. The van der Waals surface area contributed by atoms with E-state index in [4.69, 9.17) is 9.15 Å². The van der Waals surface area contributed by atoms with E-state index in [1.807, 2.05) is 11.8 Å². The zero-order chi connectivity index (χ0) is 44.1. The molecular weight excluding hydrogens is 835 g/mol. The maximum atomic E-state index is 7.42. The molecule has 3 nitrogen and oxygen atoms in total. The second-order valence-electron chi connectivity index (χ2n) is 18.6. The second kappa shape index (κ2) is 15.3. The molecular formula is C63H45NO2S. The molecule has 0 amide bonds. The lowest BCUT2D eigenvalue weighted by Crippen LogP contribution is -2.29. The van der Waals surface area contributed by atoms with Gasteiger partial charge < -0.3 is 14.1 Å². The molecule has 0 bridgehead atoms. The molecule has 0 saturated heterocycles. The molecule has 4 heteroatoms. The largest absolute Gasteiger partial charge is 0.456 e. The van der Waals surface area contributed by atoms with Crippen LogP contribution >= 0.6 is 11.8 Å². The molecule has 320 valence electrons. The number of rotatable bonds is 6. The van der Waals surface area contributed by atoms with Crippen molar-refractivity contribution in [2.45, 2.75) is 53.2 Å². The zero-order valence-corrected chi connectivity index (χ0v) is 37.7. The standard InChI is InChI=1S/C63H45NO2S/c1-2-15-40(16-3-1)43-21-12-22-46(37-43)63(51-25-9-8-23-49(51)59-52(63)35-36-57-62(59)67-58-30-11-10-28-55(58)65-57)53-26-13-24-50-60-54(27-14-29-56(60)66-61(50)53)64(47-33-31-41-17-4-6-19-44(41)38-47)48-34-32-42-18-5-7-20-45(42)39-48/h4-14,17-40H,1-3,15-16H2. The van der Waals surface area contributed by atoms with Crippen LogP contribution in [-0.4, -0.2) is 0 Å². The number of ether oxygens (including phenoxy) is 1. The van der Waals surface area contributed by atoms with Crippen molar-refractivity contribution in [3.05, 3.63) is 234 Å². The Labute approximate surface area is 394 Å². The summed E-state index contributed by atoms with van der Waals surface area (Å²) in [5.41, 5.74) is 13.2. The number of fused-ring (bicyclic) bond motifs is 11. The minimum atomic E-state index is -0.701. The Bertz CT molecular complexity index is 3710. The first-order chi connectivity index (χ1) is 33.2. The van der Waals surface area contributed by atoms with E-state index in [9.17, 15) is 0 Å². The van der Waals surface area contributed by atoms with Crippen LogP contribution < -0.4 is 9.64 Å². The highest BCUT2D eigenvalue weighted by atomic mass is 32.2. The molecule has 2 aliphatic carbocycles. The summed E-state index contributed by atoms with van der Waals surface area (Å²) in [4.78, 5) is 4.72. The summed E-state index contributed by atoms with van der Waals surface area (Å²) < 4.78 is 14.1. The van der Waals surface area contributed by atoms with E-state index in [2.05, 4.69) is 211 Å². The Morgan fingerprint density at radius 3 is 2.00 bits per heavy atom. The van der Waals surface area contributed by atoms with E-state index in [1.54, 1.807) is 0 Å². The van der Waals surface area contributed by atoms with Gasteiger partial charge in [-0.1, -0.05) is 183 Å². The fourth-order valence-corrected chi connectivity index (χ4v) is 13.0. The summed E-state index contributed by atoms with van der Waals surface area (Å²) in [6, 6.07) is 76.0. The quantitative estimate of drug-likeness (QED) is 0.166. The first-order valence-corrected chi connectivity index (χ1v) is 24.6. The Morgan fingerprint density at radius 2 is 1.19 bits per heavy atom. The van der Waals surface area contributed by atoms with Crippen LogP contribution in [0, 0.1) is 0 Å². The van der Waals surface area contributed by atoms with Crippen LogP contribution in [0.4, 0.5) is 17.1 Å². The van der Waals surface area contributed by atoms with Gasteiger partial charge in [-0.05, 0) is 123 Å². The van der Waals surface area contributed by atoms with Crippen molar-refractivity contribution in [1.82, 2.24) is 0 Å². The van der Waals surface area contributed by atoms with Crippen molar-refractivity contribution in [3.63, 3.8) is 0 Å². The molecule has 0 spiro atoms. The van der Waals surface area contributed by atoms with Gasteiger partial charge in [0.25, 0.3) is 0 Å². The number of furan rings is 1. The third kappa shape index (κ3) is 5.92. The van der Waals surface area contributed by atoms with Crippen LogP contribution in [0.1, 0.15) is 65.8 Å². The van der Waals surface area contributed by atoms with Crippen molar-refractivity contribution >= 4 is 72.3 Å². The number of para-hydroxylation sites is 2. The van der Waals surface area contributed by atoms with Gasteiger partial charge >= 0.3 is 0 Å². The number of benzene rings is 10. The minimum Gasteiger partial charge on any atom is -0.456 e. The van der Waals surface area contributed by atoms with Gasteiger partial charge in [-0.15, -0.1) is 0 Å². The maximum absolute atomic E-state index is 7.42. The van der Waals surface area contributed by atoms with Gasteiger partial charge in [0, 0.05) is 27.9 Å². The van der Waals surface area contributed by atoms with E-state index in [0.29, 0.717) is 5.92 Å². The summed E-state index contributed by atoms with van der Waals surface area (Å²) in [7, 11) is 0. The summed E-state index contributed by atoms with van der Waals surface area (Å²) in [5, 5.41) is 7.00. The highest BCUT2D eigenvalue weighted by Gasteiger charge is 2.49. The average Bonchev–Trinajstić information content (AvgIpc) is 3.93. The molecule has 11 aromatic rings. The highest BCUT2D eigenvalue weighted by molar-refractivity contribution is 7.99. The third-order valence-corrected chi connectivity index (χ3v) is 16.1. The molecule has 1 fully saturated rings. The lowest BCUT2D eigenvalue weighted by molar-refractivity contribution is 0.443. The summed E-state index contributed by atoms with van der Waals surface area (Å²) >= 11 is 1.82. The molecule has 14 rings (SSSR count). The molecule has 1 aliphatic heterocycles. The summed E-state index contributed by atoms with van der Waals surface area (Å²) in [6.07, 6.45) is 6.36. The minimum absolute atomic E-state index is 0.548. The van der Waals surface area contributed by atoms with E-state index in [0.717, 1.165) is 65.9 Å². The highest BCUT2D eigenvalue weighted by Crippen LogP contribution is 2.63. The van der Waals surface area contributed by atoms with Crippen molar-refractivity contribution < 1.29 is 9.15 Å². The topological polar surface area (TPSA) is 25.6 Å². The van der Waals surface area contributed by atoms with Crippen LogP contribution in [0.2, 0.25) is 0 Å². The Hall–Kier alpha value is -7.53. The molecule has 0 radical (unpaired) electrons. The van der Waals surface area contributed by atoms with Crippen LogP contribution in [-0.2, 0) is 5.41 Å². The van der Waals surface area contributed by atoms with Crippen molar-refractivity contribution in [3.8, 4) is 22.6 Å². The average molecular weight is 880 g/mol. The van der Waals surface area contributed by atoms with Crippen molar-refractivity contribution in [2.75, 3.05) is 4.90 Å². The predicted octanol–water partition coefficient (Wildman–Crippen LogP) is 18.0. The van der Waals surface area contributed by atoms with Crippen LogP contribution in [0.5, 0.6) is 11.5 Å². The van der Waals surface area contributed by atoms with E-state index < -0.39 is 5.41 Å². The molecule has 1 atom stereocenters. The number of hydrogen-bond donors (Lipinski definition) is 0. The second-order valence-corrected chi connectivity index (χ2v) is 19.6. The fraction of sp³-hybridized carbons (Fsp3) is 0.111. The normalized spacial score (nSPS) is 16.4. The predicted molar refractivity (Wildman–Crippen MR) is 277 cm³/mol. The Kier molecular flexibility index (Phi) is 8.82. The lowest BCUT2D eigenvalue weighted by Gasteiger charge is -2.35. The van der Waals surface area contributed by atoms with Gasteiger partial charge in [-0.25, -0.2) is 0 Å². The first-order valence-electron chi connectivity index (χ1n) is 23.8. The molecule has 1 saturated carbocycles. The van der Waals surface area contributed by atoms with Crippen LogP contribution in [0.3, 0.4) is 0 Å². The van der Waals surface area contributed by atoms with Gasteiger partial charge in [0.2, 0.25) is 0 Å². The monoisotopic (exact) mass is 879 g/mol. The fourth-order valence-electron chi connectivity index (χ4n) is 11.9. The SMILES string of the molecule is c1cc(C2CCCCC2)cc(C2(c3cccc4c3oc3cccc(N(c5ccc6ccccc6c5)c5ccc6ccccc6c5)c34)c3ccccc3-c3c2ccc2c3Sc3ccccc3O2)c1. The molecule has 1 aromatic heterocycles. The smallest absolute Gasteiger partial charge is 0.142 e. The van der Waals surface area contributed by atoms with Gasteiger partial charge in [0.15, 0.2) is 0 Å². The molecule has 67 heavy (non-hydrogen) atoms. The lowest BCUT2D eigenvalue weighted by atomic mass is 9.66. The van der Waals surface area contributed by atoms with Crippen molar-refractivity contribution in [1.29, 1.82) is 0 Å². The summed E-state index contributed by atoms with van der Waals surface area (Å²) in [5.74, 6) is 2.35. The number of anilines is 3. The molecule has 3 aliphatic rings. The van der Waals surface area contributed by atoms with Gasteiger partial charge in [0.1, 0.15) is 22.7 Å². The maximum Gasteiger partial charge on any atom is 0.142 e. The number of nitrogens with zero attached hydrogens (tertiary/aromatic N) is 1. The Morgan fingerprint density at radius 1 is 0.507 bits per heavy atom. The van der Waals surface area contributed by atoms with Crippen LogP contribution in [0.15, 0.2) is 220 Å². The van der Waals surface area contributed by atoms with Gasteiger partial charge in [-0.3, -0.25) is 0 Å². The van der Waals surface area contributed by atoms with Gasteiger partial charge in [0.05, 0.1) is 26.3 Å². The van der Waals surface area contributed by atoms with E-state index >= 15 is 0 Å². The Balaban J connectivity index is 1.05. The number of hydrogen-bond acceptors (Lipinski definition) is 4. The van der Waals surface area contributed by atoms with Crippen molar-refractivity contribution in [2.24, 2.45) is 0 Å². The first kappa shape index (κ1) is 38.7. The van der Waals surface area contributed by atoms with E-state index in [1.165, 1.54) is 87.0 Å². The van der Waals surface area contributed by atoms with Crippen LogP contribution in [0.25, 0.3) is 54.6 Å². The zero-order valence-electron chi connectivity index (χ0n) is 36.9. The summed E-state index contributed by atoms with van der Waals surface area (Å²) in [6.45, 7) is 0. The van der Waals surface area contributed by atoms with E-state index in [-0.39, 0.29) is 0 Å². The third-order valence-electron chi connectivity index (χ3n) is 14.9. The molecule has 10 aromatic carbocycles.